The first-order valence-corrected chi connectivity index (χ1v) is 7.65. The van der Waals surface area contributed by atoms with Crippen molar-refractivity contribution in [2.75, 3.05) is 37.0 Å². The summed E-state index contributed by atoms with van der Waals surface area (Å²) in [7, 11) is 0. The van der Waals surface area contributed by atoms with Crippen LogP contribution in [0.3, 0.4) is 0 Å². The van der Waals surface area contributed by atoms with E-state index in [-0.39, 0.29) is 5.91 Å². The van der Waals surface area contributed by atoms with Crippen LogP contribution in [0.4, 0.5) is 5.69 Å². The number of para-hydroxylation sites is 1. The van der Waals surface area contributed by atoms with E-state index in [2.05, 4.69) is 36.1 Å². The third kappa shape index (κ3) is 3.09. The Morgan fingerprint density at radius 2 is 1.80 bits per heavy atom. The molecule has 1 fully saturated rings. The normalized spacial score (nSPS) is 16.4. The summed E-state index contributed by atoms with van der Waals surface area (Å²) >= 11 is 5.89. The van der Waals surface area contributed by atoms with Gasteiger partial charge in [-0.05, 0) is 32.4 Å². The average molecular weight is 295 g/mol. The Balaban J connectivity index is 2.00. The lowest BCUT2D eigenvalue weighted by Gasteiger charge is -2.39. The second-order valence-electron chi connectivity index (χ2n) is 6.08. The molecule has 1 aromatic carbocycles. The molecule has 0 bridgehead atoms. The molecule has 0 aliphatic carbocycles. The summed E-state index contributed by atoms with van der Waals surface area (Å²) in [5.41, 5.74) is 2.09. The lowest BCUT2D eigenvalue weighted by Crippen LogP contribution is -2.52. The van der Waals surface area contributed by atoms with Gasteiger partial charge >= 0.3 is 0 Å². The van der Waals surface area contributed by atoms with Crippen LogP contribution in [0, 0.1) is 12.3 Å². The van der Waals surface area contributed by atoms with E-state index in [1.807, 2.05) is 18.7 Å². The number of hydrogen-bond acceptors (Lipinski definition) is 2. The molecule has 1 aromatic rings. The number of carbonyl (C=O) groups is 1. The molecule has 0 saturated carbocycles. The summed E-state index contributed by atoms with van der Waals surface area (Å²) in [6.07, 6.45) is 0. The zero-order chi connectivity index (χ0) is 14.8. The largest absolute Gasteiger partial charge is 0.368 e. The first-order chi connectivity index (χ1) is 9.45. The Hall–Kier alpha value is -1.22. The molecule has 0 unspecified atom stereocenters. The maximum atomic E-state index is 12.4. The molecule has 0 radical (unpaired) electrons. The fourth-order valence-corrected chi connectivity index (χ4v) is 2.67. The lowest BCUT2D eigenvalue weighted by molar-refractivity contribution is -0.139. The number of benzene rings is 1. The molecular weight excluding hydrogens is 272 g/mol. The summed E-state index contributed by atoms with van der Waals surface area (Å²) < 4.78 is 0. The molecule has 3 nitrogen and oxygen atoms in total. The van der Waals surface area contributed by atoms with Crippen LogP contribution in [0.5, 0.6) is 0 Å². The number of alkyl halides is 1. The van der Waals surface area contributed by atoms with Crippen molar-refractivity contribution in [2.45, 2.75) is 20.8 Å². The number of anilines is 1. The number of amides is 1. The van der Waals surface area contributed by atoms with E-state index >= 15 is 0 Å². The average Bonchev–Trinajstić information content (AvgIpc) is 2.47. The van der Waals surface area contributed by atoms with E-state index in [1.54, 1.807) is 0 Å². The fraction of sp³-hybridized carbons (Fsp3) is 0.562. The second kappa shape index (κ2) is 6.04. The first-order valence-electron chi connectivity index (χ1n) is 7.11. The topological polar surface area (TPSA) is 23.6 Å². The van der Waals surface area contributed by atoms with Gasteiger partial charge in [0.15, 0.2) is 0 Å². The summed E-state index contributed by atoms with van der Waals surface area (Å²) in [5, 5.41) is 0. The minimum Gasteiger partial charge on any atom is -0.368 e. The van der Waals surface area contributed by atoms with Gasteiger partial charge in [0.1, 0.15) is 0 Å². The molecular formula is C16H23ClN2O. The zero-order valence-electron chi connectivity index (χ0n) is 12.5. The fourth-order valence-electron chi connectivity index (χ4n) is 2.55. The van der Waals surface area contributed by atoms with Gasteiger partial charge in [-0.25, -0.2) is 0 Å². The summed E-state index contributed by atoms with van der Waals surface area (Å²) in [6, 6.07) is 8.40. The molecule has 1 heterocycles. The van der Waals surface area contributed by atoms with Gasteiger partial charge < -0.3 is 9.80 Å². The molecule has 0 atom stereocenters. The third-order valence-electron chi connectivity index (χ3n) is 3.94. The molecule has 1 amide bonds. The Kier molecular flexibility index (Phi) is 4.59. The van der Waals surface area contributed by atoms with Crippen molar-refractivity contribution in [1.82, 2.24) is 4.90 Å². The number of carbonyl (C=O) groups excluding carboxylic acids is 1. The quantitative estimate of drug-likeness (QED) is 0.800. The number of hydrogen-bond donors (Lipinski definition) is 0. The highest BCUT2D eigenvalue weighted by molar-refractivity contribution is 6.19. The van der Waals surface area contributed by atoms with Crippen LogP contribution in [0.1, 0.15) is 19.4 Å². The molecule has 0 aromatic heterocycles. The Bertz CT molecular complexity index is 479. The summed E-state index contributed by atoms with van der Waals surface area (Å²) in [4.78, 5) is 16.7. The van der Waals surface area contributed by atoms with E-state index in [1.165, 1.54) is 11.3 Å². The molecule has 0 N–H and O–H groups in total. The van der Waals surface area contributed by atoms with E-state index in [0.717, 1.165) is 26.2 Å². The molecule has 1 aliphatic rings. The van der Waals surface area contributed by atoms with Gasteiger partial charge in [-0.2, -0.15) is 0 Å². The number of nitrogens with zero attached hydrogens (tertiary/aromatic N) is 2. The van der Waals surface area contributed by atoms with E-state index < -0.39 is 5.41 Å². The second-order valence-corrected chi connectivity index (χ2v) is 6.35. The monoisotopic (exact) mass is 294 g/mol. The van der Waals surface area contributed by atoms with Crippen molar-refractivity contribution < 1.29 is 4.79 Å². The Morgan fingerprint density at radius 3 is 2.35 bits per heavy atom. The molecule has 4 heteroatoms. The van der Waals surface area contributed by atoms with Crippen LogP contribution in [0.15, 0.2) is 24.3 Å². The highest BCUT2D eigenvalue weighted by Gasteiger charge is 2.33. The Morgan fingerprint density at radius 1 is 1.20 bits per heavy atom. The van der Waals surface area contributed by atoms with Crippen molar-refractivity contribution >= 4 is 23.2 Å². The van der Waals surface area contributed by atoms with Crippen molar-refractivity contribution in [3.8, 4) is 0 Å². The summed E-state index contributed by atoms with van der Waals surface area (Å²) in [6.45, 7) is 9.26. The number of halogens is 1. The van der Waals surface area contributed by atoms with Crippen LogP contribution < -0.4 is 4.90 Å². The van der Waals surface area contributed by atoms with Crippen LogP contribution in [-0.4, -0.2) is 42.9 Å². The van der Waals surface area contributed by atoms with E-state index in [9.17, 15) is 4.79 Å². The third-order valence-corrected chi connectivity index (χ3v) is 4.60. The molecule has 20 heavy (non-hydrogen) atoms. The van der Waals surface area contributed by atoms with Crippen LogP contribution >= 0.6 is 11.6 Å². The van der Waals surface area contributed by atoms with Crippen molar-refractivity contribution in [2.24, 2.45) is 5.41 Å². The van der Waals surface area contributed by atoms with E-state index in [4.69, 9.17) is 11.6 Å². The van der Waals surface area contributed by atoms with Crippen molar-refractivity contribution in [3.05, 3.63) is 29.8 Å². The molecule has 1 aliphatic heterocycles. The van der Waals surface area contributed by atoms with Crippen molar-refractivity contribution in [1.29, 1.82) is 0 Å². The van der Waals surface area contributed by atoms with Gasteiger partial charge in [0.05, 0.1) is 5.41 Å². The van der Waals surface area contributed by atoms with Crippen molar-refractivity contribution in [3.63, 3.8) is 0 Å². The van der Waals surface area contributed by atoms with Crippen LogP contribution in [0.2, 0.25) is 0 Å². The minimum absolute atomic E-state index is 0.164. The number of aryl methyl sites for hydroxylation is 1. The highest BCUT2D eigenvalue weighted by atomic mass is 35.5. The smallest absolute Gasteiger partial charge is 0.229 e. The van der Waals surface area contributed by atoms with Gasteiger partial charge in [0.25, 0.3) is 0 Å². The predicted molar refractivity (Wildman–Crippen MR) is 84.5 cm³/mol. The first kappa shape index (κ1) is 15.2. The molecule has 1 saturated heterocycles. The maximum absolute atomic E-state index is 12.4. The van der Waals surface area contributed by atoms with Gasteiger partial charge in [-0.1, -0.05) is 18.2 Å². The highest BCUT2D eigenvalue weighted by Crippen LogP contribution is 2.24. The molecule has 2 rings (SSSR count). The SMILES string of the molecule is Cc1ccccc1N1CCN(C(=O)C(C)(C)CCl)CC1. The van der Waals surface area contributed by atoms with Gasteiger partial charge in [-0.15, -0.1) is 11.6 Å². The van der Waals surface area contributed by atoms with Gasteiger partial charge in [-0.3, -0.25) is 4.79 Å². The number of piperazine rings is 1. The molecule has 0 spiro atoms. The van der Waals surface area contributed by atoms with Gasteiger partial charge in [0.2, 0.25) is 5.91 Å². The van der Waals surface area contributed by atoms with E-state index in [0.29, 0.717) is 5.88 Å². The van der Waals surface area contributed by atoms with Crippen LogP contribution in [-0.2, 0) is 4.79 Å². The molecule has 110 valence electrons. The number of rotatable bonds is 3. The standard InChI is InChI=1S/C16H23ClN2O/c1-13-6-4-5-7-14(13)18-8-10-19(11-9-18)15(20)16(2,3)12-17/h4-7H,8-12H2,1-3H3. The summed E-state index contributed by atoms with van der Waals surface area (Å²) in [5.74, 6) is 0.529. The zero-order valence-corrected chi connectivity index (χ0v) is 13.3. The lowest BCUT2D eigenvalue weighted by atomic mass is 9.94. The maximum Gasteiger partial charge on any atom is 0.229 e. The predicted octanol–water partition coefficient (Wildman–Crippen LogP) is 2.91. The minimum atomic E-state index is -0.466. The van der Waals surface area contributed by atoms with Crippen LogP contribution in [0.25, 0.3) is 0 Å². The Labute approximate surface area is 126 Å². The van der Waals surface area contributed by atoms with Gasteiger partial charge in [0, 0.05) is 37.7 Å².